The smallest absolute Gasteiger partial charge is 0.234 e. The summed E-state index contributed by atoms with van der Waals surface area (Å²) in [5.74, 6) is 0.793. The second-order valence-corrected chi connectivity index (χ2v) is 9.41. The van der Waals surface area contributed by atoms with Gasteiger partial charge in [-0.3, -0.25) is 4.79 Å². The molecule has 0 fully saturated rings. The van der Waals surface area contributed by atoms with E-state index in [1.54, 1.807) is 10.8 Å². The van der Waals surface area contributed by atoms with Crippen LogP contribution < -0.4 is 5.32 Å². The van der Waals surface area contributed by atoms with Crippen molar-refractivity contribution in [2.75, 3.05) is 11.1 Å². The van der Waals surface area contributed by atoms with Crippen LogP contribution in [0.15, 0.2) is 95.1 Å². The summed E-state index contributed by atoms with van der Waals surface area (Å²) in [6, 6.07) is 23.5. The number of carbonyl (C=O) groups excluding carboxylic acids is 1. The van der Waals surface area contributed by atoms with E-state index in [4.69, 9.17) is 4.98 Å². The molecule has 1 N–H and O–H groups in total. The van der Waals surface area contributed by atoms with Crippen LogP contribution in [0.2, 0.25) is 0 Å². The van der Waals surface area contributed by atoms with Gasteiger partial charge >= 0.3 is 0 Å². The lowest BCUT2D eigenvalue weighted by Crippen LogP contribution is -2.15. The molecule has 2 aromatic heterocycles. The number of allylic oxidation sites excluding steroid dienone is 1. The minimum absolute atomic E-state index is 0.128. The highest BCUT2D eigenvalue weighted by molar-refractivity contribution is 9.10. The van der Waals surface area contributed by atoms with Crippen molar-refractivity contribution < 1.29 is 4.79 Å². The quantitative estimate of drug-likeness (QED) is 0.151. The summed E-state index contributed by atoms with van der Waals surface area (Å²) in [5, 5.41) is 10.0. The van der Waals surface area contributed by atoms with Crippen LogP contribution in [0.25, 0.3) is 33.2 Å². The molecule has 2 heterocycles. The summed E-state index contributed by atoms with van der Waals surface area (Å²) in [6.07, 6.45) is 1.78. The topological polar surface area (TPSA) is 72.7 Å². The zero-order valence-corrected chi connectivity index (χ0v) is 20.5. The molecule has 5 aromatic rings. The largest absolute Gasteiger partial charge is 0.324 e. The van der Waals surface area contributed by atoms with E-state index in [0.717, 1.165) is 43.4 Å². The average Bonchev–Trinajstić information content (AvgIpc) is 3.26. The number of amides is 1. The number of pyridine rings is 1. The SMILES string of the molecule is C=CCn1nc(SCC(=O)Nc2c3ccccc3nc3ccccc23)nc1-c1ccc(Br)cc1. The van der Waals surface area contributed by atoms with Crippen LogP contribution in [-0.2, 0) is 11.3 Å². The molecular weight excluding hydrogens is 510 g/mol. The molecule has 168 valence electrons. The number of nitrogens with zero attached hydrogens (tertiary/aromatic N) is 4. The van der Waals surface area contributed by atoms with Gasteiger partial charge in [0.05, 0.1) is 29.0 Å². The van der Waals surface area contributed by atoms with Gasteiger partial charge in [0, 0.05) is 20.8 Å². The maximum atomic E-state index is 13.0. The van der Waals surface area contributed by atoms with Crippen molar-refractivity contribution in [3.8, 4) is 11.4 Å². The third-order valence-electron chi connectivity index (χ3n) is 5.24. The van der Waals surface area contributed by atoms with Gasteiger partial charge in [-0.05, 0) is 24.3 Å². The van der Waals surface area contributed by atoms with E-state index < -0.39 is 0 Å². The fraction of sp³-hybridized carbons (Fsp3) is 0.0769. The molecule has 0 aliphatic heterocycles. The minimum Gasteiger partial charge on any atom is -0.324 e. The van der Waals surface area contributed by atoms with Crippen molar-refractivity contribution in [3.63, 3.8) is 0 Å². The molecule has 8 heteroatoms. The Balaban J connectivity index is 1.38. The molecule has 0 aliphatic rings. The van der Waals surface area contributed by atoms with Gasteiger partial charge in [-0.25, -0.2) is 14.6 Å². The molecule has 0 atom stereocenters. The zero-order valence-electron chi connectivity index (χ0n) is 18.1. The standard InChI is InChI=1S/C26H20BrN5OS/c1-2-15-32-25(17-11-13-18(27)14-12-17)30-26(31-32)34-16-23(33)29-24-19-7-3-5-9-21(19)28-22-10-6-4-8-20(22)24/h2-14H,1,15-16H2,(H,28,29,33). The highest BCUT2D eigenvalue weighted by Crippen LogP contribution is 2.31. The van der Waals surface area contributed by atoms with Crippen molar-refractivity contribution in [2.45, 2.75) is 11.7 Å². The fourth-order valence-corrected chi connectivity index (χ4v) is 4.63. The number of aromatic nitrogens is 4. The van der Waals surface area contributed by atoms with E-state index in [-0.39, 0.29) is 11.7 Å². The van der Waals surface area contributed by atoms with E-state index in [9.17, 15) is 4.79 Å². The number of nitrogens with one attached hydrogen (secondary N) is 1. The van der Waals surface area contributed by atoms with Gasteiger partial charge in [-0.15, -0.1) is 11.7 Å². The number of hydrogen-bond acceptors (Lipinski definition) is 5. The Hall–Kier alpha value is -3.49. The Morgan fingerprint density at radius 3 is 2.26 bits per heavy atom. The van der Waals surface area contributed by atoms with Crippen molar-refractivity contribution in [1.29, 1.82) is 0 Å². The number of benzene rings is 3. The Morgan fingerprint density at radius 1 is 0.971 bits per heavy atom. The number of halogens is 1. The van der Waals surface area contributed by atoms with Gasteiger partial charge in [-0.2, -0.15) is 0 Å². The normalized spacial score (nSPS) is 11.1. The molecular formula is C26H20BrN5OS. The lowest BCUT2D eigenvalue weighted by Gasteiger charge is -2.12. The number of rotatable bonds is 7. The summed E-state index contributed by atoms with van der Waals surface area (Å²) in [4.78, 5) is 22.3. The first-order valence-electron chi connectivity index (χ1n) is 10.6. The van der Waals surface area contributed by atoms with Crippen LogP contribution in [-0.4, -0.2) is 31.4 Å². The van der Waals surface area contributed by atoms with Gasteiger partial charge in [0.1, 0.15) is 0 Å². The monoisotopic (exact) mass is 529 g/mol. The average molecular weight is 530 g/mol. The summed E-state index contributed by atoms with van der Waals surface area (Å²) in [5.41, 5.74) is 3.40. The molecule has 6 nitrogen and oxygen atoms in total. The van der Waals surface area contributed by atoms with Crippen LogP contribution in [0, 0.1) is 0 Å². The first-order valence-corrected chi connectivity index (χ1v) is 12.4. The number of hydrogen-bond donors (Lipinski definition) is 1. The maximum Gasteiger partial charge on any atom is 0.234 e. The number of para-hydroxylation sites is 2. The van der Waals surface area contributed by atoms with Crippen LogP contribution in [0.5, 0.6) is 0 Å². The molecule has 0 saturated heterocycles. The van der Waals surface area contributed by atoms with Crippen molar-refractivity contribution >= 4 is 61.1 Å². The summed E-state index contributed by atoms with van der Waals surface area (Å²) < 4.78 is 2.79. The fourth-order valence-electron chi connectivity index (χ4n) is 3.72. The molecule has 0 unspecified atom stereocenters. The minimum atomic E-state index is -0.128. The van der Waals surface area contributed by atoms with Gasteiger partial charge in [-0.1, -0.05) is 82.3 Å². The van der Waals surface area contributed by atoms with Crippen molar-refractivity contribution in [1.82, 2.24) is 19.7 Å². The first-order chi connectivity index (χ1) is 16.6. The molecule has 0 bridgehead atoms. The van der Waals surface area contributed by atoms with Gasteiger partial charge < -0.3 is 5.32 Å². The Bertz CT molecular complexity index is 1460. The number of anilines is 1. The number of carbonyl (C=O) groups is 1. The lowest BCUT2D eigenvalue weighted by molar-refractivity contribution is -0.113. The highest BCUT2D eigenvalue weighted by atomic mass is 79.9. The zero-order chi connectivity index (χ0) is 23.5. The Morgan fingerprint density at radius 2 is 1.62 bits per heavy atom. The lowest BCUT2D eigenvalue weighted by atomic mass is 10.1. The van der Waals surface area contributed by atoms with Gasteiger partial charge in [0.15, 0.2) is 5.82 Å². The van der Waals surface area contributed by atoms with Crippen molar-refractivity contribution in [2.24, 2.45) is 0 Å². The third-order valence-corrected chi connectivity index (χ3v) is 6.61. The third kappa shape index (κ3) is 4.60. The molecule has 0 saturated carbocycles. The molecule has 0 aliphatic carbocycles. The summed E-state index contributed by atoms with van der Waals surface area (Å²) in [7, 11) is 0. The van der Waals surface area contributed by atoms with E-state index in [0.29, 0.717) is 11.7 Å². The van der Waals surface area contributed by atoms with E-state index in [1.165, 1.54) is 11.8 Å². The van der Waals surface area contributed by atoms with Crippen LogP contribution >= 0.6 is 27.7 Å². The maximum absolute atomic E-state index is 13.0. The molecule has 0 radical (unpaired) electrons. The molecule has 34 heavy (non-hydrogen) atoms. The van der Waals surface area contributed by atoms with Crippen LogP contribution in [0.3, 0.4) is 0 Å². The second kappa shape index (κ2) is 9.79. The summed E-state index contributed by atoms with van der Waals surface area (Å²) >= 11 is 4.76. The molecule has 1 amide bonds. The molecule has 5 rings (SSSR count). The van der Waals surface area contributed by atoms with Crippen LogP contribution in [0.1, 0.15) is 0 Å². The van der Waals surface area contributed by atoms with Gasteiger partial charge in [0.2, 0.25) is 11.1 Å². The van der Waals surface area contributed by atoms with Gasteiger partial charge in [0.25, 0.3) is 0 Å². The molecule has 0 spiro atoms. The predicted octanol–water partition coefficient (Wildman–Crippen LogP) is 6.33. The van der Waals surface area contributed by atoms with E-state index in [1.807, 2.05) is 72.8 Å². The Kier molecular flexibility index (Phi) is 6.42. The van der Waals surface area contributed by atoms with Crippen molar-refractivity contribution in [3.05, 3.63) is 89.9 Å². The predicted molar refractivity (Wildman–Crippen MR) is 142 cm³/mol. The first kappa shape index (κ1) is 22.3. The van der Waals surface area contributed by atoms with E-state index >= 15 is 0 Å². The highest BCUT2D eigenvalue weighted by Gasteiger charge is 2.15. The Labute approximate surface area is 209 Å². The number of fused-ring (bicyclic) bond motifs is 2. The van der Waals surface area contributed by atoms with E-state index in [2.05, 4.69) is 37.9 Å². The van der Waals surface area contributed by atoms with Crippen LogP contribution in [0.4, 0.5) is 5.69 Å². The summed E-state index contributed by atoms with van der Waals surface area (Å²) in [6.45, 7) is 4.34. The second-order valence-electron chi connectivity index (χ2n) is 7.55. The number of thioether (sulfide) groups is 1. The molecule has 3 aromatic carbocycles.